The molecule has 0 radical (unpaired) electrons. The minimum Gasteiger partial charge on any atom is -0.381 e. The lowest BCUT2D eigenvalue weighted by atomic mass is 10.1. The van der Waals surface area contributed by atoms with Crippen LogP contribution in [0, 0.1) is 12.7 Å². The molecule has 3 heteroatoms. The van der Waals surface area contributed by atoms with Crippen LogP contribution in [-0.2, 0) is 6.54 Å². The molecule has 0 atom stereocenters. The molecular weight excluding hydrogens is 251 g/mol. The summed E-state index contributed by atoms with van der Waals surface area (Å²) in [6.07, 6.45) is 1.79. The molecule has 0 saturated carbocycles. The van der Waals surface area contributed by atoms with Crippen molar-refractivity contribution in [1.29, 1.82) is 0 Å². The van der Waals surface area contributed by atoms with Gasteiger partial charge in [0.1, 0.15) is 5.82 Å². The van der Waals surface area contributed by atoms with Crippen LogP contribution < -0.4 is 5.32 Å². The van der Waals surface area contributed by atoms with E-state index in [0.29, 0.717) is 6.54 Å². The molecule has 100 valence electrons. The van der Waals surface area contributed by atoms with Gasteiger partial charge in [0.25, 0.3) is 0 Å². The molecule has 0 unspecified atom stereocenters. The van der Waals surface area contributed by atoms with Gasteiger partial charge in [-0.25, -0.2) is 4.39 Å². The minimum absolute atomic E-state index is 0.213. The van der Waals surface area contributed by atoms with Crippen LogP contribution in [0.5, 0.6) is 0 Å². The second-order valence-electron chi connectivity index (χ2n) is 4.90. The Bertz CT molecular complexity index is 733. The third-order valence-electron chi connectivity index (χ3n) is 3.21. The summed E-state index contributed by atoms with van der Waals surface area (Å²) in [5, 5.41) is 4.36. The number of fused-ring (bicyclic) bond motifs is 1. The molecule has 0 aliphatic heterocycles. The fourth-order valence-corrected chi connectivity index (χ4v) is 2.28. The Balaban J connectivity index is 1.79. The first-order valence-electron chi connectivity index (χ1n) is 6.55. The van der Waals surface area contributed by atoms with Gasteiger partial charge in [0, 0.05) is 23.8 Å². The van der Waals surface area contributed by atoms with Gasteiger partial charge in [-0.05, 0) is 54.4 Å². The number of aromatic nitrogens is 1. The van der Waals surface area contributed by atoms with Crippen molar-refractivity contribution in [2.45, 2.75) is 13.5 Å². The number of rotatable bonds is 3. The van der Waals surface area contributed by atoms with Gasteiger partial charge < -0.3 is 5.32 Å². The second kappa shape index (κ2) is 5.29. The number of anilines is 1. The van der Waals surface area contributed by atoms with E-state index < -0.39 is 0 Å². The first-order chi connectivity index (χ1) is 9.70. The van der Waals surface area contributed by atoms with Crippen molar-refractivity contribution < 1.29 is 4.39 Å². The minimum atomic E-state index is -0.213. The van der Waals surface area contributed by atoms with Crippen molar-refractivity contribution in [3.8, 4) is 0 Å². The van der Waals surface area contributed by atoms with Crippen LogP contribution in [0.2, 0.25) is 0 Å². The molecule has 3 aromatic rings. The largest absolute Gasteiger partial charge is 0.381 e. The number of hydrogen-bond acceptors (Lipinski definition) is 2. The quantitative estimate of drug-likeness (QED) is 0.764. The highest BCUT2D eigenvalue weighted by Gasteiger charge is 2.00. The SMILES string of the molecule is Cc1cc(F)cc(NCc2ccc3ncccc3c2)c1. The van der Waals surface area contributed by atoms with Gasteiger partial charge in [0.2, 0.25) is 0 Å². The number of hydrogen-bond donors (Lipinski definition) is 1. The summed E-state index contributed by atoms with van der Waals surface area (Å²) in [6.45, 7) is 2.55. The van der Waals surface area contributed by atoms with Crippen molar-refractivity contribution in [2.24, 2.45) is 0 Å². The number of halogens is 1. The summed E-state index contributed by atoms with van der Waals surface area (Å²) >= 11 is 0. The van der Waals surface area contributed by atoms with E-state index >= 15 is 0 Å². The van der Waals surface area contributed by atoms with Crippen molar-refractivity contribution >= 4 is 16.6 Å². The highest BCUT2D eigenvalue weighted by molar-refractivity contribution is 5.78. The second-order valence-corrected chi connectivity index (χ2v) is 4.90. The lowest BCUT2D eigenvalue weighted by Crippen LogP contribution is -2.00. The Hall–Kier alpha value is -2.42. The molecule has 2 nitrogen and oxygen atoms in total. The summed E-state index contributed by atoms with van der Waals surface area (Å²) in [5.41, 5.74) is 3.84. The molecule has 1 aromatic heterocycles. The van der Waals surface area contributed by atoms with E-state index in [0.717, 1.165) is 27.7 Å². The molecular formula is C17H15FN2. The van der Waals surface area contributed by atoms with Gasteiger partial charge in [-0.15, -0.1) is 0 Å². The van der Waals surface area contributed by atoms with Crippen LogP contribution in [0.1, 0.15) is 11.1 Å². The molecule has 0 aliphatic carbocycles. The van der Waals surface area contributed by atoms with Gasteiger partial charge in [0.05, 0.1) is 5.52 Å². The van der Waals surface area contributed by atoms with E-state index in [1.54, 1.807) is 6.20 Å². The topological polar surface area (TPSA) is 24.9 Å². The standard InChI is InChI=1S/C17H15FN2/c1-12-7-15(18)10-16(8-12)20-11-13-4-5-17-14(9-13)3-2-6-19-17/h2-10,20H,11H2,1H3. The lowest BCUT2D eigenvalue weighted by molar-refractivity contribution is 0.627. The van der Waals surface area contributed by atoms with Crippen LogP contribution >= 0.6 is 0 Å². The van der Waals surface area contributed by atoms with Gasteiger partial charge in [-0.1, -0.05) is 12.1 Å². The lowest BCUT2D eigenvalue weighted by Gasteiger charge is -2.08. The molecule has 0 bridgehead atoms. The Morgan fingerprint density at radius 3 is 2.85 bits per heavy atom. The normalized spacial score (nSPS) is 10.7. The monoisotopic (exact) mass is 266 g/mol. The van der Waals surface area contributed by atoms with Gasteiger partial charge in [-0.3, -0.25) is 4.98 Å². The molecule has 0 amide bonds. The predicted octanol–water partition coefficient (Wildman–Crippen LogP) is 4.29. The van der Waals surface area contributed by atoms with Crippen LogP contribution in [0.25, 0.3) is 10.9 Å². The van der Waals surface area contributed by atoms with Gasteiger partial charge in [0.15, 0.2) is 0 Å². The summed E-state index contributed by atoms with van der Waals surface area (Å²) in [4.78, 5) is 4.29. The zero-order chi connectivity index (χ0) is 13.9. The van der Waals surface area contributed by atoms with Gasteiger partial charge in [-0.2, -0.15) is 0 Å². The third-order valence-corrected chi connectivity index (χ3v) is 3.21. The van der Waals surface area contributed by atoms with Crippen molar-refractivity contribution in [3.05, 3.63) is 71.7 Å². The Morgan fingerprint density at radius 2 is 2.00 bits per heavy atom. The molecule has 1 heterocycles. The summed E-state index contributed by atoms with van der Waals surface area (Å²) < 4.78 is 13.3. The molecule has 0 saturated heterocycles. The smallest absolute Gasteiger partial charge is 0.125 e. The highest BCUT2D eigenvalue weighted by Crippen LogP contribution is 2.17. The first kappa shape index (κ1) is 12.6. The number of pyridine rings is 1. The van der Waals surface area contributed by atoms with Crippen LogP contribution in [0.15, 0.2) is 54.7 Å². The van der Waals surface area contributed by atoms with E-state index in [1.807, 2.05) is 37.3 Å². The van der Waals surface area contributed by atoms with E-state index in [-0.39, 0.29) is 5.82 Å². The first-order valence-corrected chi connectivity index (χ1v) is 6.55. The molecule has 2 aromatic carbocycles. The fourth-order valence-electron chi connectivity index (χ4n) is 2.28. The Morgan fingerprint density at radius 1 is 1.10 bits per heavy atom. The number of benzene rings is 2. The van der Waals surface area contributed by atoms with E-state index in [4.69, 9.17) is 0 Å². The van der Waals surface area contributed by atoms with Crippen molar-refractivity contribution in [3.63, 3.8) is 0 Å². The van der Waals surface area contributed by atoms with E-state index in [1.165, 1.54) is 12.1 Å². The highest BCUT2D eigenvalue weighted by atomic mass is 19.1. The third kappa shape index (κ3) is 2.77. The van der Waals surface area contributed by atoms with Crippen LogP contribution in [-0.4, -0.2) is 4.98 Å². The predicted molar refractivity (Wildman–Crippen MR) is 80.2 cm³/mol. The summed E-state index contributed by atoms with van der Waals surface area (Å²) in [5.74, 6) is -0.213. The van der Waals surface area contributed by atoms with E-state index in [2.05, 4.69) is 16.4 Å². The maximum atomic E-state index is 13.3. The van der Waals surface area contributed by atoms with Crippen molar-refractivity contribution in [2.75, 3.05) is 5.32 Å². The maximum Gasteiger partial charge on any atom is 0.125 e. The number of aryl methyl sites for hydroxylation is 1. The Labute approximate surface area is 117 Å². The average Bonchev–Trinajstić information content (AvgIpc) is 2.44. The fraction of sp³-hybridized carbons (Fsp3) is 0.118. The number of nitrogens with one attached hydrogen (secondary N) is 1. The van der Waals surface area contributed by atoms with E-state index in [9.17, 15) is 4.39 Å². The number of nitrogens with zero attached hydrogens (tertiary/aromatic N) is 1. The van der Waals surface area contributed by atoms with Crippen molar-refractivity contribution in [1.82, 2.24) is 4.98 Å². The summed E-state index contributed by atoms with van der Waals surface area (Å²) in [6, 6.07) is 15.1. The Kier molecular flexibility index (Phi) is 3.33. The molecule has 0 aliphatic rings. The zero-order valence-corrected chi connectivity index (χ0v) is 11.2. The molecule has 0 fully saturated rings. The van der Waals surface area contributed by atoms with Gasteiger partial charge >= 0.3 is 0 Å². The average molecular weight is 266 g/mol. The van der Waals surface area contributed by atoms with Crippen LogP contribution in [0.3, 0.4) is 0 Å². The molecule has 20 heavy (non-hydrogen) atoms. The summed E-state index contributed by atoms with van der Waals surface area (Å²) in [7, 11) is 0. The molecule has 3 rings (SSSR count). The molecule has 0 spiro atoms. The zero-order valence-electron chi connectivity index (χ0n) is 11.2. The maximum absolute atomic E-state index is 13.3. The molecule has 1 N–H and O–H groups in total. The van der Waals surface area contributed by atoms with Crippen LogP contribution in [0.4, 0.5) is 10.1 Å².